The predicted octanol–water partition coefficient (Wildman–Crippen LogP) is 2.16. The summed E-state index contributed by atoms with van der Waals surface area (Å²) >= 11 is 0. The first-order valence-electron chi connectivity index (χ1n) is 8.21. The highest BCUT2D eigenvalue weighted by Crippen LogP contribution is 2.35. The third-order valence-corrected chi connectivity index (χ3v) is 7.07. The summed E-state index contributed by atoms with van der Waals surface area (Å²) in [5, 5.41) is 0. The van der Waals surface area contributed by atoms with Gasteiger partial charge >= 0.3 is 0 Å². The topological polar surface area (TPSA) is 57.7 Å². The number of carbonyl (C=O) groups excluding carboxylic acids is 1. The number of benzene rings is 1. The van der Waals surface area contributed by atoms with Crippen molar-refractivity contribution in [2.75, 3.05) is 19.6 Å². The molecule has 3 rings (SSSR count). The molecular formula is C17H23FN2O3S. The van der Waals surface area contributed by atoms with Crippen LogP contribution in [0.4, 0.5) is 4.39 Å². The van der Waals surface area contributed by atoms with Crippen molar-refractivity contribution >= 4 is 15.9 Å². The lowest BCUT2D eigenvalue weighted by molar-refractivity contribution is -0.136. The van der Waals surface area contributed by atoms with Crippen molar-refractivity contribution in [2.24, 2.45) is 5.92 Å². The predicted molar refractivity (Wildman–Crippen MR) is 88.4 cm³/mol. The molecule has 0 radical (unpaired) electrons. The van der Waals surface area contributed by atoms with Crippen molar-refractivity contribution in [3.8, 4) is 0 Å². The molecule has 1 aromatic rings. The smallest absolute Gasteiger partial charge is 0.246 e. The number of carbonyl (C=O) groups is 1. The van der Waals surface area contributed by atoms with Crippen LogP contribution in [0.1, 0.15) is 32.3 Å². The van der Waals surface area contributed by atoms with Gasteiger partial charge in [0.05, 0.1) is 0 Å². The Kier molecular flexibility index (Phi) is 4.20. The minimum absolute atomic E-state index is 0.109. The Hall–Kier alpha value is -1.47. The number of sulfonamides is 1. The normalized spacial score (nSPS) is 21.8. The average molecular weight is 354 g/mol. The Labute approximate surface area is 142 Å². The van der Waals surface area contributed by atoms with Crippen molar-refractivity contribution in [2.45, 2.75) is 44.0 Å². The van der Waals surface area contributed by atoms with E-state index in [-0.39, 0.29) is 23.3 Å². The van der Waals surface area contributed by atoms with E-state index in [1.165, 1.54) is 16.4 Å². The summed E-state index contributed by atoms with van der Waals surface area (Å²) < 4.78 is 41.6. The molecule has 1 aliphatic carbocycles. The van der Waals surface area contributed by atoms with Crippen LogP contribution in [-0.4, -0.2) is 48.7 Å². The van der Waals surface area contributed by atoms with Crippen LogP contribution in [0.3, 0.4) is 0 Å². The summed E-state index contributed by atoms with van der Waals surface area (Å²) in [5.41, 5.74) is -0.390. The fourth-order valence-corrected chi connectivity index (χ4v) is 5.46. The van der Waals surface area contributed by atoms with Gasteiger partial charge in [-0.3, -0.25) is 4.79 Å². The van der Waals surface area contributed by atoms with Crippen molar-refractivity contribution in [3.05, 3.63) is 29.6 Å². The fourth-order valence-electron chi connectivity index (χ4n) is 3.41. The minimum atomic E-state index is -3.96. The van der Waals surface area contributed by atoms with Crippen LogP contribution in [0.2, 0.25) is 0 Å². The van der Waals surface area contributed by atoms with E-state index in [0.717, 1.165) is 12.8 Å². The van der Waals surface area contributed by atoms with Crippen molar-refractivity contribution in [1.29, 1.82) is 0 Å². The molecule has 2 aliphatic rings. The molecule has 2 fully saturated rings. The second kappa shape index (κ2) is 5.81. The maximum absolute atomic E-state index is 14.2. The maximum atomic E-state index is 14.2. The van der Waals surface area contributed by atoms with Gasteiger partial charge in [0.1, 0.15) is 10.7 Å². The molecule has 1 amide bonds. The van der Waals surface area contributed by atoms with Gasteiger partial charge in [-0.25, -0.2) is 12.8 Å². The average Bonchev–Trinajstić information content (AvgIpc) is 3.29. The Bertz CT molecular complexity index is 752. The standard InChI is InChI=1S/C17H23FN2O3S/c1-12-5-4-6-14(18)15(12)24(22,23)20-10-9-19(11-17(20,2)3)16(21)13-7-8-13/h4-6,13H,7-11H2,1-3H3. The molecule has 0 unspecified atom stereocenters. The molecule has 0 N–H and O–H groups in total. The van der Waals surface area contributed by atoms with Crippen LogP contribution < -0.4 is 0 Å². The maximum Gasteiger partial charge on any atom is 0.246 e. The van der Waals surface area contributed by atoms with E-state index in [1.807, 2.05) is 0 Å². The number of hydrogen-bond donors (Lipinski definition) is 0. The minimum Gasteiger partial charge on any atom is -0.339 e. The first-order chi connectivity index (χ1) is 11.1. The highest BCUT2D eigenvalue weighted by molar-refractivity contribution is 7.89. The van der Waals surface area contributed by atoms with Crippen LogP contribution in [0, 0.1) is 18.7 Å². The van der Waals surface area contributed by atoms with Gasteiger partial charge in [0.15, 0.2) is 0 Å². The Morgan fingerprint density at radius 2 is 1.92 bits per heavy atom. The number of halogens is 1. The van der Waals surface area contributed by atoms with Crippen molar-refractivity contribution in [3.63, 3.8) is 0 Å². The molecule has 1 saturated carbocycles. The second-order valence-corrected chi connectivity index (χ2v) is 9.11. The number of nitrogens with zero attached hydrogens (tertiary/aromatic N) is 2. The lowest BCUT2D eigenvalue weighted by Gasteiger charge is -2.46. The zero-order valence-electron chi connectivity index (χ0n) is 14.3. The van der Waals surface area contributed by atoms with Crippen LogP contribution in [-0.2, 0) is 14.8 Å². The first-order valence-corrected chi connectivity index (χ1v) is 9.65. The number of amides is 1. The van der Waals surface area contributed by atoms with Gasteiger partial charge in [-0.15, -0.1) is 0 Å². The number of rotatable bonds is 3. The van der Waals surface area contributed by atoms with Gasteiger partial charge < -0.3 is 4.90 Å². The highest BCUT2D eigenvalue weighted by Gasteiger charge is 2.45. The van der Waals surface area contributed by atoms with Gasteiger partial charge in [-0.2, -0.15) is 4.31 Å². The van der Waals surface area contributed by atoms with E-state index >= 15 is 0 Å². The summed E-state index contributed by atoms with van der Waals surface area (Å²) in [6.45, 7) is 6.03. The summed E-state index contributed by atoms with van der Waals surface area (Å²) in [6.07, 6.45) is 1.85. The van der Waals surface area contributed by atoms with Gasteiger partial charge in [0.2, 0.25) is 15.9 Å². The molecule has 5 nitrogen and oxygen atoms in total. The molecule has 132 valence electrons. The first kappa shape index (κ1) is 17.4. The molecule has 0 bridgehead atoms. The Balaban J connectivity index is 1.90. The van der Waals surface area contributed by atoms with Crippen LogP contribution in [0.5, 0.6) is 0 Å². The van der Waals surface area contributed by atoms with Gasteiger partial charge in [0, 0.05) is 31.1 Å². The Morgan fingerprint density at radius 3 is 2.46 bits per heavy atom. The summed E-state index contributed by atoms with van der Waals surface area (Å²) in [6, 6.07) is 4.26. The monoisotopic (exact) mass is 354 g/mol. The quantitative estimate of drug-likeness (QED) is 0.836. The van der Waals surface area contributed by atoms with E-state index in [1.54, 1.807) is 31.7 Å². The molecule has 0 aromatic heterocycles. The molecule has 0 spiro atoms. The molecule has 7 heteroatoms. The van der Waals surface area contributed by atoms with Crippen molar-refractivity contribution < 1.29 is 17.6 Å². The van der Waals surface area contributed by atoms with E-state index < -0.39 is 21.4 Å². The third kappa shape index (κ3) is 2.95. The van der Waals surface area contributed by atoms with Gasteiger partial charge in [0.25, 0.3) is 0 Å². The SMILES string of the molecule is Cc1cccc(F)c1S(=O)(=O)N1CCN(C(=O)C2CC2)CC1(C)C. The molecular weight excluding hydrogens is 331 g/mol. The zero-order valence-corrected chi connectivity index (χ0v) is 15.1. The number of hydrogen-bond acceptors (Lipinski definition) is 3. The summed E-state index contributed by atoms with van der Waals surface area (Å²) in [4.78, 5) is 13.8. The fraction of sp³-hybridized carbons (Fsp3) is 0.588. The van der Waals surface area contributed by atoms with Crippen LogP contribution >= 0.6 is 0 Å². The molecule has 1 heterocycles. The molecule has 1 aliphatic heterocycles. The van der Waals surface area contributed by atoms with E-state index in [2.05, 4.69) is 0 Å². The van der Waals surface area contributed by atoms with Crippen molar-refractivity contribution in [1.82, 2.24) is 9.21 Å². The molecule has 1 saturated heterocycles. The van der Waals surface area contributed by atoms with E-state index in [0.29, 0.717) is 18.7 Å². The van der Waals surface area contributed by atoms with E-state index in [4.69, 9.17) is 0 Å². The number of aryl methyl sites for hydroxylation is 1. The summed E-state index contributed by atoms with van der Waals surface area (Å²) in [7, 11) is -3.96. The van der Waals surface area contributed by atoms with Gasteiger partial charge in [-0.05, 0) is 45.2 Å². The second-order valence-electron chi connectivity index (χ2n) is 7.31. The largest absolute Gasteiger partial charge is 0.339 e. The third-order valence-electron chi connectivity index (χ3n) is 4.78. The van der Waals surface area contributed by atoms with E-state index in [9.17, 15) is 17.6 Å². The van der Waals surface area contributed by atoms with Gasteiger partial charge in [-0.1, -0.05) is 12.1 Å². The van der Waals surface area contributed by atoms with Crippen LogP contribution in [0.15, 0.2) is 23.1 Å². The highest BCUT2D eigenvalue weighted by atomic mass is 32.2. The summed E-state index contributed by atoms with van der Waals surface area (Å²) in [5.74, 6) is -0.512. The lowest BCUT2D eigenvalue weighted by Crippen LogP contribution is -2.62. The molecule has 1 aromatic carbocycles. The van der Waals surface area contributed by atoms with Crippen LogP contribution in [0.25, 0.3) is 0 Å². The lowest BCUT2D eigenvalue weighted by atomic mass is 10.0. The molecule has 24 heavy (non-hydrogen) atoms. The molecule has 0 atom stereocenters. The zero-order chi connectivity index (χ0) is 17.7. The number of piperazine rings is 1. The Morgan fingerprint density at radius 1 is 1.25 bits per heavy atom.